The Labute approximate surface area is 192 Å². The van der Waals surface area contributed by atoms with Crippen LogP contribution in [0.1, 0.15) is 12.8 Å². The molecule has 0 aromatic carbocycles. The highest BCUT2D eigenvalue weighted by atomic mass is 32.3. The summed E-state index contributed by atoms with van der Waals surface area (Å²) >= 11 is 0. The van der Waals surface area contributed by atoms with Crippen LogP contribution in [0.4, 0.5) is 4.79 Å². The van der Waals surface area contributed by atoms with E-state index in [2.05, 4.69) is 35.7 Å². The van der Waals surface area contributed by atoms with Gasteiger partial charge in [-0.25, -0.2) is 21.5 Å². The molecule has 2 rings (SSSR count). The van der Waals surface area contributed by atoms with Crippen molar-refractivity contribution in [3.63, 3.8) is 0 Å². The molecule has 0 saturated carbocycles. The normalized spacial score (nSPS) is 21.8. The summed E-state index contributed by atoms with van der Waals surface area (Å²) in [7, 11) is -8.70. The first-order chi connectivity index (χ1) is 15.8. The minimum Gasteiger partial charge on any atom is -0.438 e. The summed E-state index contributed by atoms with van der Waals surface area (Å²) in [6.45, 7) is -3.60. The van der Waals surface area contributed by atoms with Gasteiger partial charge in [0.2, 0.25) is 0 Å². The van der Waals surface area contributed by atoms with Crippen molar-refractivity contribution in [3.05, 3.63) is 0 Å². The van der Waals surface area contributed by atoms with E-state index in [1.54, 1.807) is 0 Å². The van der Waals surface area contributed by atoms with Crippen LogP contribution in [0.15, 0.2) is 0 Å². The van der Waals surface area contributed by atoms with E-state index in [4.69, 9.17) is 0 Å². The quantitative estimate of drug-likeness (QED) is 0.140. The number of rotatable bonds is 13. The molecule has 0 aromatic heterocycles. The van der Waals surface area contributed by atoms with E-state index in [0.29, 0.717) is 0 Å². The third-order valence-electron chi connectivity index (χ3n) is 3.97. The van der Waals surface area contributed by atoms with Gasteiger partial charge in [-0.3, -0.25) is 19.2 Å². The minimum atomic E-state index is -4.80. The van der Waals surface area contributed by atoms with Crippen LogP contribution in [0.3, 0.4) is 0 Å². The predicted molar refractivity (Wildman–Crippen MR) is 97.3 cm³/mol. The number of methoxy groups -OCH3 is 1. The molecule has 0 radical (unpaired) electrons. The van der Waals surface area contributed by atoms with Crippen molar-refractivity contribution < 1.29 is 76.5 Å². The molecule has 0 aromatic rings. The molecule has 2 fully saturated rings. The van der Waals surface area contributed by atoms with E-state index in [1.165, 1.54) is 0 Å². The molecule has 0 N–H and O–H groups in total. The fourth-order valence-corrected chi connectivity index (χ4v) is 3.75. The van der Waals surface area contributed by atoms with Gasteiger partial charge in [0.25, 0.3) is 0 Å². The van der Waals surface area contributed by atoms with E-state index in [1.807, 2.05) is 0 Å². The van der Waals surface area contributed by atoms with Gasteiger partial charge in [0.05, 0.1) is 45.0 Å². The van der Waals surface area contributed by atoms with E-state index >= 15 is 0 Å². The van der Waals surface area contributed by atoms with Crippen molar-refractivity contribution in [2.75, 3.05) is 33.5 Å². The van der Waals surface area contributed by atoms with Gasteiger partial charge >= 0.3 is 50.8 Å². The zero-order valence-electron chi connectivity index (χ0n) is 17.2. The van der Waals surface area contributed by atoms with E-state index in [9.17, 15) is 40.8 Å². The third-order valence-corrected chi connectivity index (χ3v) is 5.67. The molecule has 34 heavy (non-hydrogen) atoms. The highest BCUT2D eigenvalue weighted by Crippen LogP contribution is 2.18. The van der Waals surface area contributed by atoms with Gasteiger partial charge in [-0.05, 0) is 0 Å². The summed E-state index contributed by atoms with van der Waals surface area (Å²) < 4.78 is 82.4. The van der Waals surface area contributed by atoms with Crippen LogP contribution in [-0.2, 0) is 75.7 Å². The highest BCUT2D eigenvalue weighted by molar-refractivity contribution is 7.82. The van der Waals surface area contributed by atoms with Crippen LogP contribution in [0.5, 0.6) is 0 Å². The van der Waals surface area contributed by atoms with Gasteiger partial charge in [-0.15, -0.1) is 0 Å². The molecular weight excluding hydrogens is 516 g/mol. The maximum Gasteiger partial charge on any atom is 0.508 e. The van der Waals surface area contributed by atoms with Crippen LogP contribution < -0.4 is 0 Å². The highest BCUT2D eigenvalue weighted by Gasteiger charge is 2.36. The van der Waals surface area contributed by atoms with E-state index < -0.39 is 108 Å². The lowest BCUT2D eigenvalue weighted by molar-refractivity contribution is -0.155. The molecule has 17 nitrogen and oxygen atoms in total. The Morgan fingerprint density at radius 2 is 1.24 bits per heavy atom. The molecule has 2 unspecified atom stereocenters. The second kappa shape index (κ2) is 11.6. The summed E-state index contributed by atoms with van der Waals surface area (Å²) in [6, 6.07) is 0. The number of esters is 4. The zero-order valence-corrected chi connectivity index (χ0v) is 18.9. The summed E-state index contributed by atoms with van der Waals surface area (Å²) in [6.07, 6.45) is -3.85. The predicted octanol–water partition coefficient (Wildman–Crippen LogP) is -2.13. The summed E-state index contributed by atoms with van der Waals surface area (Å²) in [5.41, 5.74) is 0. The largest absolute Gasteiger partial charge is 0.508 e. The summed E-state index contributed by atoms with van der Waals surface area (Å²) in [5, 5.41) is 0. The Morgan fingerprint density at radius 1 is 0.824 bits per heavy atom. The number of hydrogen-bond acceptors (Lipinski definition) is 17. The van der Waals surface area contributed by atoms with Crippen LogP contribution in [0, 0.1) is 11.8 Å². The van der Waals surface area contributed by atoms with E-state index in [0.717, 1.165) is 7.11 Å². The number of carbonyl (C=O) groups is 5. The van der Waals surface area contributed by atoms with Crippen molar-refractivity contribution in [1.29, 1.82) is 0 Å². The van der Waals surface area contributed by atoms with E-state index in [-0.39, 0.29) is 0 Å². The summed E-state index contributed by atoms with van der Waals surface area (Å²) in [4.78, 5) is 55.9. The Morgan fingerprint density at radius 3 is 1.56 bits per heavy atom. The first-order valence-electron chi connectivity index (χ1n) is 9.11. The molecule has 2 aliphatic heterocycles. The van der Waals surface area contributed by atoms with Gasteiger partial charge in [-0.1, -0.05) is 0 Å². The lowest BCUT2D eigenvalue weighted by Crippen LogP contribution is -2.32. The molecule has 2 aliphatic rings. The maximum atomic E-state index is 11.8. The molecule has 192 valence electrons. The smallest absolute Gasteiger partial charge is 0.438 e. The van der Waals surface area contributed by atoms with Crippen LogP contribution in [0.25, 0.3) is 0 Å². The number of carbonyl (C=O) groups excluding carboxylic acids is 5. The molecule has 0 aliphatic carbocycles. The molecule has 0 spiro atoms. The van der Waals surface area contributed by atoms with Crippen molar-refractivity contribution in [2.24, 2.45) is 11.8 Å². The van der Waals surface area contributed by atoms with Crippen LogP contribution in [0.2, 0.25) is 0 Å². The van der Waals surface area contributed by atoms with Gasteiger partial charge in [0.15, 0.2) is 6.10 Å². The Kier molecular flexibility index (Phi) is 9.41. The van der Waals surface area contributed by atoms with Crippen LogP contribution >= 0.6 is 0 Å². The second-order valence-corrected chi connectivity index (χ2v) is 9.11. The Hall–Kier alpha value is -2.71. The number of cyclic esters (lactones) is 4. The first-order valence-corrected chi connectivity index (χ1v) is 11.8. The van der Waals surface area contributed by atoms with Crippen molar-refractivity contribution >= 4 is 50.8 Å². The fourth-order valence-electron chi connectivity index (χ4n) is 2.32. The second-order valence-electron chi connectivity index (χ2n) is 6.54. The minimum absolute atomic E-state index is 0.402. The van der Waals surface area contributed by atoms with Gasteiger partial charge < -0.3 is 18.9 Å². The molecule has 19 heteroatoms. The maximum absolute atomic E-state index is 11.8. The van der Waals surface area contributed by atoms with Crippen molar-refractivity contribution in [1.82, 2.24) is 0 Å². The van der Waals surface area contributed by atoms with Gasteiger partial charge in [-0.2, -0.15) is 16.8 Å². The van der Waals surface area contributed by atoms with Gasteiger partial charge in [0, 0.05) is 0 Å². The topological polar surface area (TPSA) is 227 Å². The monoisotopic (exact) mass is 534 g/mol. The lowest BCUT2D eigenvalue weighted by Gasteiger charge is -2.17. The third kappa shape index (κ3) is 8.91. The number of hydrogen-bond donors (Lipinski definition) is 0. The standard InChI is InChI=1S/C15H18O17S2/c1-25-15(20)30-10(6-28-33(21,22)26-4-8-2-11(16)31-13(8)18)7-29-34(23,24)27-5-9-3-12(17)32-14(9)19/h8-10H,2-7H2,1H3. The molecule has 2 heterocycles. The fraction of sp³-hybridized carbons (Fsp3) is 0.667. The SMILES string of the molecule is COC(=O)OC(COS(=O)(=O)OCC1CC(=O)OC1=O)COS(=O)(=O)OCC1CC(=O)OC1=O. The molecule has 0 bridgehead atoms. The lowest BCUT2D eigenvalue weighted by atomic mass is 10.1. The Balaban J connectivity index is 1.86. The molecular formula is C15H18O17S2. The molecule has 2 atom stereocenters. The Bertz CT molecular complexity index is 955. The van der Waals surface area contributed by atoms with Crippen LogP contribution in [-0.4, -0.2) is 86.5 Å². The average Bonchev–Trinajstić information content (AvgIpc) is 3.25. The van der Waals surface area contributed by atoms with Gasteiger partial charge in [0.1, 0.15) is 13.2 Å². The van der Waals surface area contributed by atoms with Crippen molar-refractivity contribution in [3.8, 4) is 0 Å². The first kappa shape index (κ1) is 27.5. The average molecular weight is 534 g/mol. The zero-order chi connectivity index (χ0) is 25.5. The molecule has 2 saturated heterocycles. The molecule has 0 amide bonds. The summed E-state index contributed by atoms with van der Waals surface area (Å²) in [5.74, 6) is -6.04. The van der Waals surface area contributed by atoms with Crippen molar-refractivity contribution in [2.45, 2.75) is 18.9 Å². The number of ether oxygens (including phenoxy) is 4.